The lowest BCUT2D eigenvalue weighted by Crippen LogP contribution is -2.22. The summed E-state index contributed by atoms with van der Waals surface area (Å²) in [7, 11) is 1.61. The zero-order valence-electron chi connectivity index (χ0n) is 14.6. The summed E-state index contributed by atoms with van der Waals surface area (Å²) >= 11 is 0. The first-order valence-corrected chi connectivity index (χ1v) is 7.87. The highest BCUT2D eigenvalue weighted by Gasteiger charge is 2.07. The number of benzene rings is 2. The molecule has 2 aromatic carbocycles. The van der Waals surface area contributed by atoms with E-state index in [1.54, 1.807) is 13.4 Å². The number of para-hydroxylation sites is 2. The van der Waals surface area contributed by atoms with E-state index >= 15 is 0 Å². The third-order valence-corrected chi connectivity index (χ3v) is 3.63. The Bertz CT molecular complexity index is 875. The van der Waals surface area contributed by atoms with E-state index < -0.39 is 0 Å². The summed E-state index contributed by atoms with van der Waals surface area (Å²) in [6.07, 6.45) is 1.59. The summed E-state index contributed by atoms with van der Waals surface area (Å²) in [5.41, 5.74) is 9.52. The van der Waals surface area contributed by atoms with Crippen molar-refractivity contribution in [3.05, 3.63) is 66.1 Å². The third-order valence-electron chi connectivity index (χ3n) is 3.63. The lowest BCUT2D eigenvalue weighted by molar-refractivity contribution is 0.417. The number of guanidine groups is 1. The minimum Gasteiger partial charge on any atom is -0.495 e. The van der Waals surface area contributed by atoms with Crippen molar-refractivity contribution in [2.24, 2.45) is 10.7 Å². The summed E-state index contributed by atoms with van der Waals surface area (Å²) in [5, 5.41) is 3.02. The van der Waals surface area contributed by atoms with E-state index in [9.17, 15) is 0 Å². The van der Waals surface area contributed by atoms with Crippen molar-refractivity contribution >= 4 is 35.6 Å². The maximum absolute atomic E-state index is 5.94. The van der Waals surface area contributed by atoms with Gasteiger partial charge in [-0.25, -0.2) is 9.98 Å². The van der Waals surface area contributed by atoms with Crippen LogP contribution in [0.3, 0.4) is 0 Å². The Morgan fingerprint density at radius 3 is 2.65 bits per heavy atom. The predicted octanol–water partition coefficient (Wildman–Crippen LogP) is 4.20. The number of halogens is 1. The summed E-state index contributed by atoms with van der Waals surface area (Å²) in [6, 6.07) is 15.5. The molecule has 136 valence electrons. The fourth-order valence-corrected chi connectivity index (χ4v) is 2.30. The second-order valence-corrected chi connectivity index (χ2v) is 5.54. The topological polar surface area (TPSA) is 85.7 Å². The molecule has 0 aliphatic rings. The average Bonchev–Trinajstić information content (AvgIpc) is 3.10. The molecule has 0 spiro atoms. The van der Waals surface area contributed by atoms with Gasteiger partial charge in [0.05, 0.1) is 19.3 Å². The predicted molar refractivity (Wildman–Crippen MR) is 114 cm³/mol. The van der Waals surface area contributed by atoms with Gasteiger partial charge < -0.3 is 20.2 Å². The Balaban J connectivity index is 0.00000243. The third kappa shape index (κ3) is 4.98. The molecule has 0 unspecified atom stereocenters. The molecule has 0 aliphatic carbocycles. The van der Waals surface area contributed by atoms with Gasteiger partial charge >= 0.3 is 0 Å². The lowest BCUT2D eigenvalue weighted by Gasteiger charge is -2.09. The van der Waals surface area contributed by atoms with Crippen LogP contribution in [-0.2, 0) is 6.54 Å². The van der Waals surface area contributed by atoms with Gasteiger partial charge in [0.2, 0.25) is 5.89 Å². The van der Waals surface area contributed by atoms with Crippen molar-refractivity contribution in [1.82, 2.24) is 4.98 Å². The van der Waals surface area contributed by atoms with Gasteiger partial charge in [-0.05, 0) is 31.2 Å². The van der Waals surface area contributed by atoms with E-state index in [4.69, 9.17) is 14.9 Å². The molecular formula is C19H21IN4O2. The number of nitrogens with zero attached hydrogens (tertiary/aromatic N) is 2. The first-order valence-electron chi connectivity index (χ1n) is 7.87. The minimum atomic E-state index is 0. The van der Waals surface area contributed by atoms with E-state index in [0.717, 1.165) is 11.3 Å². The van der Waals surface area contributed by atoms with Crippen molar-refractivity contribution in [1.29, 1.82) is 0 Å². The normalized spacial score (nSPS) is 10.9. The van der Waals surface area contributed by atoms with Gasteiger partial charge in [-0.1, -0.05) is 29.8 Å². The largest absolute Gasteiger partial charge is 0.495 e. The molecule has 1 aromatic heterocycles. The highest BCUT2D eigenvalue weighted by molar-refractivity contribution is 14.0. The first kappa shape index (κ1) is 19.8. The van der Waals surface area contributed by atoms with E-state index in [1.807, 2.05) is 55.5 Å². The quantitative estimate of drug-likeness (QED) is 0.336. The van der Waals surface area contributed by atoms with Crippen LogP contribution in [0.5, 0.6) is 5.75 Å². The standard InChI is InChI=1S/C19H20N4O2.HI/c1-13-7-9-14(10-8-13)18-22-15(12-25-18)11-21-19(20)23-16-5-3-4-6-17(16)24-2;/h3-10,12H,11H2,1-2H3,(H3,20,21,23);1H. The van der Waals surface area contributed by atoms with Crippen LogP contribution >= 0.6 is 24.0 Å². The molecule has 26 heavy (non-hydrogen) atoms. The van der Waals surface area contributed by atoms with E-state index in [2.05, 4.69) is 15.3 Å². The molecule has 7 heteroatoms. The monoisotopic (exact) mass is 464 g/mol. The van der Waals surface area contributed by atoms with E-state index in [0.29, 0.717) is 23.9 Å². The van der Waals surface area contributed by atoms with Gasteiger partial charge in [0.15, 0.2) is 5.96 Å². The van der Waals surface area contributed by atoms with Crippen LogP contribution in [0.25, 0.3) is 11.5 Å². The van der Waals surface area contributed by atoms with Crippen LogP contribution in [0.1, 0.15) is 11.3 Å². The molecular weight excluding hydrogens is 443 g/mol. The van der Waals surface area contributed by atoms with Gasteiger partial charge in [0.1, 0.15) is 17.7 Å². The zero-order chi connectivity index (χ0) is 17.6. The fourth-order valence-electron chi connectivity index (χ4n) is 2.30. The molecule has 0 saturated carbocycles. The molecule has 0 aliphatic heterocycles. The molecule has 6 nitrogen and oxygen atoms in total. The second kappa shape index (κ2) is 9.23. The fraction of sp³-hybridized carbons (Fsp3) is 0.158. The van der Waals surface area contributed by atoms with Crippen LogP contribution in [0.2, 0.25) is 0 Å². The molecule has 3 aromatic rings. The van der Waals surface area contributed by atoms with Crippen LogP contribution in [0.15, 0.2) is 64.2 Å². The van der Waals surface area contributed by atoms with E-state index in [-0.39, 0.29) is 29.9 Å². The number of ether oxygens (including phenoxy) is 1. The molecule has 3 N–H and O–H groups in total. The number of aryl methyl sites for hydroxylation is 1. The van der Waals surface area contributed by atoms with Crippen LogP contribution in [0.4, 0.5) is 5.69 Å². The Morgan fingerprint density at radius 1 is 1.19 bits per heavy atom. The van der Waals surface area contributed by atoms with Crippen molar-refractivity contribution in [2.75, 3.05) is 12.4 Å². The van der Waals surface area contributed by atoms with Gasteiger partial charge in [0, 0.05) is 5.56 Å². The number of nitrogens with one attached hydrogen (secondary N) is 1. The zero-order valence-corrected chi connectivity index (χ0v) is 16.9. The molecule has 0 amide bonds. The maximum Gasteiger partial charge on any atom is 0.226 e. The highest BCUT2D eigenvalue weighted by atomic mass is 127. The van der Waals surface area contributed by atoms with Crippen molar-refractivity contribution in [3.8, 4) is 17.2 Å². The Kier molecular flexibility index (Phi) is 7.02. The highest BCUT2D eigenvalue weighted by Crippen LogP contribution is 2.23. The molecule has 0 bridgehead atoms. The number of aliphatic imine (C=N–C) groups is 1. The van der Waals surface area contributed by atoms with Gasteiger partial charge in [-0.15, -0.1) is 24.0 Å². The summed E-state index contributed by atoms with van der Waals surface area (Å²) < 4.78 is 10.8. The SMILES string of the molecule is COc1ccccc1NC(N)=NCc1coc(-c2ccc(C)cc2)n1.I. The Morgan fingerprint density at radius 2 is 1.92 bits per heavy atom. The van der Waals surface area contributed by atoms with Crippen LogP contribution < -0.4 is 15.8 Å². The van der Waals surface area contributed by atoms with Crippen molar-refractivity contribution < 1.29 is 9.15 Å². The smallest absolute Gasteiger partial charge is 0.226 e. The number of anilines is 1. The average molecular weight is 464 g/mol. The molecule has 0 radical (unpaired) electrons. The number of methoxy groups -OCH3 is 1. The summed E-state index contributed by atoms with van der Waals surface area (Å²) in [6.45, 7) is 2.36. The Hall–Kier alpha value is -2.55. The first-order chi connectivity index (χ1) is 12.2. The minimum absolute atomic E-state index is 0. The number of hydrogen-bond acceptors (Lipinski definition) is 4. The van der Waals surface area contributed by atoms with Crippen LogP contribution in [0, 0.1) is 6.92 Å². The van der Waals surface area contributed by atoms with Crippen LogP contribution in [-0.4, -0.2) is 18.1 Å². The second-order valence-electron chi connectivity index (χ2n) is 5.54. The number of oxazole rings is 1. The summed E-state index contributed by atoms with van der Waals surface area (Å²) in [4.78, 5) is 8.73. The number of rotatable bonds is 5. The molecule has 0 fully saturated rings. The van der Waals surface area contributed by atoms with Crippen molar-refractivity contribution in [3.63, 3.8) is 0 Å². The molecule has 0 atom stereocenters. The molecule has 3 rings (SSSR count). The lowest BCUT2D eigenvalue weighted by atomic mass is 10.1. The van der Waals surface area contributed by atoms with Gasteiger partial charge in [-0.3, -0.25) is 0 Å². The number of nitrogens with two attached hydrogens (primary N) is 1. The van der Waals surface area contributed by atoms with E-state index in [1.165, 1.54) is 5.56 Å². The maximum atomic E-state index is 5.94. The molecule has 0 saturated heterocycles. The molecule has 1 heterocycles. The van der Waals surface area contributed by atoms with Crippen molar-refractivity contribution in [2.45, 2.75) is 13.5 Å². The van der Waals surface area contributed by atoms with Gasteiger partial charge in [-0.2, -0.15) is 0 Å². The number of hydrogen-bond donors (Lipinski definition) is 2. The Labute approximate surface area is 169 Å². The number of aromatic nitrogens is 1. The summed E-state index contributed by atoms with van der Waals surface area (Å²) in [5.74, 6) is 1.55. The van der Waals surface area contributed by atoms with Gasteiger partial charge in [0.25, 0.3) is 0 Å².